The van der Waals surface area contributed by atoms with Crippen molar-refractivity contribution in [3.05, 3.63) is 35.9 Å². The zero-order chi connectivity index (χ0) is 21.2. The van der Waals surface area contributed by atoms with Crippen LogP contribution in [0.15, 0.2) is 30.3 Å². The second-order valence-electron chi connectivity index (χ2n) is 8.15. The van der Waals surface area contributed by atoms with Gasteiger partial charge in [-0.05, 0) is 6.42 Å². The zero-order valence-corrected chi connectivity index (χ0v) is 18.4. The van der Waals surface area contributed by atoms with Crippen molar-refractivity contribution in [1.82, 2.24) is 0 Å². The standard InChI is InChI=1S/C26H40O3/c1-2-3-4-5-6-7-8-9-10-11-12-13-14-15-19-22-24(27)26(29)25(28)23-20-17-16-18-21-23/h16-18,20-21H,2-15,19,22H2,1H3. The Hall–Kier alpha value is -1.77. The van der Waals surface area contributed by atoms with Crippen molar-refractivity contribution in [1.29, 1.82) is 0 Å². The second kappa shape index (κ2) is 17.1. The first-order valence-electron chi connectivity index (χ1n) is 11.8. The maximum atomic E-state index is 12.0. The van der Waals surface area contributed by atoms with E-state index in [9.17, 15) is 14.4 Å². The molecule has 29 heavy (non-hydrogen) atoms. The smallest absolute Gasteiger partial charge is 0.268 e. The molecular weight excluding hydrogens is 360 g/mol. The highest BCUT2D eigenvalue weighted by Gasteiger charge is 2.22. The molecule has 0 unspecified atom stereocenters. The van der Waals surface area contributed by atoms with E-state index in [4.69, 9.17) is 0 Å². The minimum absolute atomic E-state index is 0.190. The maximum absolute atomic E-state index is 12.0. The fourth-order valence-electron chi connectivity index (χ4n) is 3.62. The molecule has 0 amide bonds. The number of Topliss-reactive ketones (excluding diaryl/α,β-unsaturated/α-hetero) is 3. The van der Waals surface area contributed by atoms with Crippen molar-refractivity contribution in [3.63, 3.8) is 0 Å². The summed E-state index contributed by atoms with van der Waals surface area (Å²) in [6.07, 6.45) is 19.1. The molecule has 0 aliphatic rings. The SMILES string of the molecule is CCCCCCCCCCCCCCCCCC(=O)C(=O)C(=O)c1ccccc1. The molecule has 1 rings (SSSR count). The molecule has 1 aromatic carbocycles. The first-order chi connectivity index (χ1) is 14.2. The van der Waals surface area contributed by atoms with E-state index in [1.165, 1.54) is 77.0 Å². The Bertz CT molecular complexity index is 577. The quantitative estimate of drug-likeness (QED) is 0.106. The van der Waals surface area contributed by atoms with E-state index in [2.05, 4.69) is 6.92 Å². The molecule has 0 saturated carbocycles. The van der Waals surface area contributed by atoms with Gasteiger partial charge in [0.2, 0.25) is 11.6 Å². The van der Waals surface area contributed by atoms with Gasteiger partial charge in [-0.1, -0.05) is 127 Å². The molecule has 3 nitrogen and oxygen atoms in total. The molecule has 0 spiro atoms. The predicted octanol–water partition coefficient (Wildman–Crippen LogP) is 7.27. The second-order valence-corrected chi connectivity index (χ2v) is 8.15. The van der Waals surface area contributed by atoms with Gasteiger partial charge in [-0.3, -0.25) is 14.4 Å². The molecule has 3 heteroatoms. The van der Waals surface area contributed by atoms with E-state index in [1.807, 2.05) is 0 Å². The Morgan fingerprint density at radius 1 is 0.586 bits per heavy atom. The number of hydrogen-bond donors (Lipinski definition) is 0. The first-order valence-corrected chi connectivity index (χ1v) is 11.8. The lowest BCUT2D eigenvalue weighted by Crippen LogP contribution is -2.23. The third-order valence-electron chi connectivity index (χ3n) is 5.50. The first kappa shape index (κ1) is 25.3. The van der Waals surface area contributed by atoms with Gasteiger partial charge in [0, 0.05) is 12.0 Å². The number of benzene rings is 1. The number of ketones is 3. The van der Waals surface area contributed by atoms with Crippen LogP contribution in [0, 0.1) is 0 Å². The third-order valence-corrected chi connectivity index (χ3v) is 5.50. The normalized spacial score (nSPS) is 10.8. The number of carbonyl (C=O) groups excluding carboxylic acids is 3. The summed E-state index contributed by atoms with van der Waals surface area (Å²) >= 11 is 0. The molecule has 162 valence electrons. The maximum Gasteiger partial charge on any atom is 0.268 e. The molecule has 1 aromatic rings. The average molecular weight is 401 g/mol. The third kappa shape index (κ3) is 12.4. The van der Waals surface area contributed by atoms with Crippen LogP contribution in [0.2, 0.25) is 0 Å². The van der Waals surface area contributed by atoms with E-state index < -0.39 is 17.3 Å². The molecule has 0 aliphatic carbocycles. The average Bonchev–Trinajstić information content (AvgIpc) is 2.75. The van der Waals surface area contributed by atoms with Crippen molar-refractivity contribution in [2.45, 2.75) is 110 Å². The van der Waals surface area contributed by atoms with E-state index in [-0.39, 0.29) is 6.42 Å². The Labute approximate surface area is 177 Å². The lowest BCUT2D eigenvalue weighted by Gasteiger charge is -2.03. The van der Waals surface area contributed by atoms with E-state index in [1.54, 1.807) is 30.3 Å². The summed E-state index contributed by atoms with van der Waals surface area (Å²) in [5, 5.41) is 0. The van der Waals surface area contributed by atoms with Crippen LogP contribution in [-0.4, -0.2) is 17.3 Å². The highest BCUT2D eigenvalue weighted by atomic mass is 16.2. The minimum Gasteiger partial charge on any atom is -0.290 e. The van der Waals surface area contributed by atoms with Gasteiger partial charge in [-0.2, -0.15) is 0 Å². The fourth-order valence-corrected chi connectivity index (χ4v) is 3.62. The lowest BCUT2D eigenvalue weighted by molar-refractivity contribution is -0.134. The Morgan fingerprint density at radius 2 is 1.00 bits per heavy atom. The van der Waals surface area contributed by atoms with Crippen LogP contribution in [0.3, 0.4) is 0 Å². The van der Waals surface area contributed by atoms with Crippen LogP contribution >= 0.6 is 0 Å². The number of hydrogen-bond acceptors (Lipinski definition) is 3. The van der Waals surface area contributed by atoms with Crippen LogP contribution < -0.4 is 0 Å². The van der Waals surface area contributed by atoms with Gasteiger partial charge < -0.3 is 0 Å². The highest BCUT2D eigenvalue weighted by molar-refractivity contribution is 6.67. The summed E-state index contributed by atoms with van der Waals surface area (Å²) in [5.74, 6) is -2.10. The van der Waals surface area contributed by atoms with Gasteiger partial charge >= 0.3 is 0 Å². The van der Waals surface area contributed by atoms with Crippen LogP contribution in [-0.2, 0) is 9.59 Å². The molecule has 0 saturated heterocycles. The molecule has 0 atom stereocenters. The van der Waals surface area contributed by atoms with Gasteiger partial charge in [-0.15, -0.1) is 0 Å². The van der Waals surface area contributed by atoms with Crippen molar-refractivity contribution < 1.29 is 14.4 Å². The summed E-state index contributed by atoms with van der Waals surface area (Å²) < 4.78 is 0. The Kier molecular flexibility index (Phi) is 14.9. The monoisotopic (exact) mass is 400 g/mol. The molecule has 0 heterocycles. The molecule has 0 fully saturated rings. The van der Waals surface area contributed by atoms with E-state index >= 15 is 0 Å². The van der Waals surface area contributed by atoms with E-state index in [0.717, 1.165) is 12.8 Å². The summed E-state index contributed by atoms with van der Waals surface area (Å²) in [7, 11) is 0. The largest absolute Gasteiger partial charge is 0.290 e. The van der Waals surface area contributed by atoms with Gasteiger partial charge in [0.15, 0.2) is 0 Å². The molecule has 0 radical (unpaired) electrons. The van der Waals surface area contributed by atoms with Crippen LogP contribution in [0.1, 0.15) is 120 Å². The fraction of sp³-hybridized carbons (Fsp3) is 0.654. The molecule has 0 N–H and O–H groups in total. The van der Waals surface area contributed by atoms with Gasteiger partial charge in [0.25, 0.3) is 5.78 Å². The number of unbranched alkanes of at least 4 members (excludes halogenated alkanes) is 14. The topological polar surface area (TPSA) is 51.2 Å². The summed E-state index contributed by atoms with van der Waals surface area (Å²) in [6.45, 7) is 2.26. The molecule has 0 aliphatic heterocycles. The van der Waals surface area contributed by atoms with Crippen molar-refractivity contribution >= 4 is 17.3 Å². The van der Waals surface area contributed by atoms with Crippen molar-refractivity contribution in [2.75, 3.05) is 0 Å². The Balaban J connectivity index is 1.92. The summed E-state index contributed by atoms with van der Waals surface area (Å²) in [5.41, 5.74) is 0.294. The predicted molar refractivity (Wildman–Crippen MR) is 120 cm³/mol. The molecular formula is C26H40O3. The minimum atomic E-state index is -0.874. The van der Waals surface area contributed by atoms with Crippen LogP contribution in [0.25, 0.3) is 0 Å². The van der Waals surface area contributed by atoms with Gasteiger partial charge in [0.05, 0.1) is 0 Å². The zero-order valence-electron chi connectivity index (χ0n) is 18.4. The van der Waals surface area contributed by atoms with Crippen molar-refractivity contribution in [3.8, 4) is 0 Å². The highest BCUT2D eigenvalue weighted by Crippen LogP contribution is 2.14. The molecule has 0 aromatic heterocycles. The molecule has 0 bridgehead atoms. The van der Waals surface area contributed by atoms with Crippen LogP contribution in [0.5, 0.6) is 0 Å². The number of carbonyl (C=O) groups is 3. The van der Waals surface area contributed by atoms with Crippen LogP contribution in [0.4, 0.5) is 0 Å². The summed E-state index contributed by atoms with van der Waals surface area (Å²) in [4.78, 5) is 35.8. The van der Waals surface area contributed by atoms with Crippen molar-refractivity contribution in [2.24, 2.45) is 0 Å². The lowest BCUT2D eigenvalue weighted by atomic mass is 10.0. The van der Waals surface area contributed by atoms with Gasteiger partial charge in [-0.25, -0.2) is 0 Å². The van der Waals surface area contributed by atoms with Gasteiger partial charge in [0.1, 0.15) is 0 Å². The summed E-state index contributed by atoms with van der Waals surface area (Å²) in [6, 6.07) is 8.31. The van der Waals surface area contributed by atoms with E-state index in [0.29, 0.717) is 12.0 Å². The number of rotatable bonds is 19. The Morgan fingerprint density at radius 3 is 1.45 bits per heavy atom.